The first-order chi connectivity index (χ1) is 16.5. The van der Waals surface area contributed by atoms with Gasteiger partial charge in [0.1, 0.15) is 11.9 Å². The maximum atomic E-state index is 12.5. The van der Waals surface area contributed by atoms with Crippen molar-refractivity contribution >= 4 is 17.6 Å². The highest BCUT2D eigenvalue weighted by atomic mass is 16.7. The van der Waals surface area contributed by atoms with Crippen molar-refractivity contribution in [3.63, 3.8) is 0 Å². The van der Waals surface area contributed by atoms with Crippen LogP contribution in [-0.2, 0) is 16.1 Å². The third kappa shape index (κ3) is 6.09. The molecule has 2 aliphatic rings. The van der Waals surface area contributed by atoms with Crippen molar-refractivity contribution in [2.75, 3.05) is 25.8 Å². The number of carbonyl (C=O) groups is 2. The maximum absolute atomic E-state index is 12.5. The number of ether oxygens (including phenoxy) is 4. The first-order valence-corrected chi connectivity index (χ1v) is 11.2. The summed E-state index contributed by atoms with van der Waals surface area (Å²) in [5, 5.41) is 18.3. The van der Waals surface area contributed by atoms with Crippen LogP contribution in [0.1, 0.15) is 24.8 Å². The van der Waals surface area contributed by atoms with Crippen molar-refractivity contribution in [3.05, 3.63) is 48.0 Å². The van der Waals surface area contributed by atoms with Crippen LogP contribution >= 0.6 is 0 Å². The number of urea groups is 1. The molecule has 1 fully saturated rings. The van der Waals surface area contributed by atoms with E-state index in [0.29, 0.717) is 36.6 Å². The second-order valence-corrected chi connectivity index (χ2v) is 8.16. The van der Waals surface area contributed by atoms with E-state index < -0.39 is 12.1 Å². The lowest BCUT2D eigenvalue weighted by atomic mass is 9.97. The van der Waals surface area contributed by atoms with Gasteiger partial charge in [0.2, 0.25) is 12.7 Å². The summed E-state index contributed by atoms with van der Waals surface area (Å²) >= 11 is 0. The molecule has 34 heavy (non-hydrogen) atoms. The first kappa shape index (κ1) is 23.7. The van der Waals surface area contributed by atoms with E-state index in [4.69, 9.17) is 18.9 Å². The molecule has 0 spiro atoms. The second kappa shape index (κ2) is 11.1. The monoisotopic (exact) mass is 471 g/mol. The molecule has 0 bridgehead atoms. The number of carbonyl (C=O) groups excluding carboxylic acids is 2. The molecule has 182 valence electrons. The standard InChI is InChI=1S/C24H29N3O7/c1-31-17-5-2-15(3-6-17)12-25-23(29)11-18-7-8-19(22(13-28)34-18)27-24(30)26-16-4-9-20-21(10-16)33-14-32-20/h2-6,9-10,18-19,22,28H,7-8,11-14H2,1H3,(H,25,29)(H2,26,27,30)/t18-,19+,22-/m1/s1. The Hall–Kier alpha value is -3.50. The molecule has 4 N–H and O–H groups in total. The van der Waals surface area contributed by atoms with Crippen molar-refractivity contribution in [1.29, 1.82) is 0 Å². The molecule has 0 unspecified atom stereocenters. The predicted octanol–water partition coefficient (Wildman–Crippen LogP) is 2.16. The molecule has 10 heteroatoms. The topological polar surface area (TPSA) is 127 Å². The average Bonchev–Trinajstić information content (AvgIpc) is 3.32. The van der Waals surface area contributed by atoms with Gasteiger partial charge >= 0.3 is 6.03 Å². The second-order valence-electron chi connectivity index (χ2n) is 8.16. The highest BCUT2D eigenvalue weighted by Gasteiger charge is 2.33. The van der Waals surface area contributed by atoms with Crippen LogP contribution in [-0.4, -0.2) is 55.8 Å². The van der Waals surface area contributed by atoms with Gasteiger partial charge in [0.05, 0.1) is 32.3 Å². The van der Waals surface area contributed by atoms with E-state index in [2.05, 4.69) is 16.0 Å². The molecule has 3 atom stereocenters. The van der Waals surface area contributed by atoms with Crippen LogP contribution in [0.25, 0.3) is 0 Å². The summed E-state index contributed by atoms with van der Waals surface area (Å²) in [6.07, 6.45) is 0.416. The van der Waals surface area contributed by atoms with Crippen molar-refractivity contribution < 1.29 is 33.6 Å². The lowest BCUT2D eigenvalue weighted by Crippen LogP contribution is -2.52. The summed E-state index contributed by atoms with van der Waals surface area (Å²) in [4.78, 5) is 24.8. The SMILES string of the molecule is COc1ccc(CNC(=O)C[C@H]2CC[C@H](NC(=O)Nc3ccc4c(c3)OCO4)[C@@H](CO)O2)cc1. The van der Waals surface area contributed by atoms with Crippen molar-refractivity contribution in [1.82, 2.24) is 10.6 Å². The number of anilines is 1. The highest BCUT2D eigenvalue weighted by molar-refractivity contribution is 5.90. The first-order valence-electron chi connectivity index (χ1n) is 11.2. The van der Waals surface area contributed by atoms with Gasteiger partial charge < -0.3 is 40.0 Å². The number of hydrogen-bond donors (Lipinski definition) is 4. The number of benzene rings is 2. The number of aliphatic hydroxyl groups excluding tert-OH is 1. The largest absolute Gasteiger partial charge is 0.497 e. The molecule has 3 amide bonds. The van der Waals surface area contributed by atoms with Crippen LogP contribution in [0.15, 0.2) is 42.5 Å². The molecular formula is C24H29N3O7. The fourth-order valence-electron chi connectivity index (χ4n) is 3.98. The molecule has 2 aromatic rings. The van der Waals surface area contributed by atoms with Crippen LogP contribution < -0.4 is 30.2 Å². The molecule has 10 nitrogen and oxygen atoms in total. The number of hydrogen-bond acceptors (Lipinski definition) is 7. The summed E-state index contributed by atoms with van der Waals surface area (Å²) < 4.78 is 21.6. The van der Waals surface area contributed by atoms with E-state index in [1.54, 1.807) is 25.3 Å². The summed E-state index contributed by atoms with van der Waals surface area (Å²) in [5.74, 6) is 1.82. The minimum absolute atomic E-state index is 0.135. The van der Waals surface area contributed by atoms with Crippen LogP contribution in [0.2, 0.25) is 0 Å². The molecular weight excluding hydrogens is 442 g/mol. The van der Waals surface area contributed by atoms with Crippen molar-refractivity contribution in [2.45, 2.75) is 44.1 Å². The van der Waals surface area contributed by atoms with Gasteiger partial charge in [-0.1, -0.05) is 12.1 Å². The fourth-order valence-corrected chi connectivity index (χ4v) is 3.98. The molecule has 2 aliphatic heterocycles. The number of nitrogens with one attached hydrogen (secondary N) is 3. The van der Waals surface area contributed by atoms with Crippen LogP contribution in [0.4, 0.5) is 10.5 Å². The number of aliphatic hydroxyl groups is 1. The summed E-state index contributed by atoms with van der Waals surface area (Å²) in [7, 11) is 1.60. The van der Waals surface area contributed by atoms with Crippen molar-refractivity contribution in [3.8, 4) is 17.2 Å². The minimum Gasteiger partial charge on any atom is -0.497 e. The van der Waals surface area contributed by atoms with Gasteiger partial charge in [-0.25, -0.2) is 4.79 Å². The van der Waals surface area contributed by atoms with Crippen molar-refractivity contribution in [2.24, 2.45) is 0 Å². The Bertz CT molecular complexity index is 999. The van der Waals surface area contributed by atoms with Crippen LogP contribution in [0.5, 0.6) is 17.2 Å². The Labute approximate surface area is 197 Å². The molecule has 0 radical (unpaired) electrons. The lowest BCUT2D eigenvalue weighted by molar-refractivity contribution is -0.130. The van der Waals surface area contributed by atoms with Gasteiger partial charge in [-0.3, -0.25) is 4.79 Å². The van der Waals surface area contributed by atoms with Gasteiger partial charge in [-0.05, 0) is 42.7 Å². The number of methoxy groups -OCH3 is 1. The molecule has 0 aliphatic carbocycles. The third-order valence-corrected chi connectivity index (χ3v) is 5.80. The van der Waals surface area contributed by atoms with E-state index in [-0.39, 0.29) is 37.9 Å². The fraction of sp³-hybridized carbons (Fsp3) is 0.417. The zero-order valence-corrected chi connectivity index (χ0v) is 18.9. The summed E-state index contributed by atoms with van der Waals surface area (Å²) in [6.45, 7) is 0.297. The van der Waals surface area contributed by atoms with Crippen LogP contribution in [0, 0.1) is 0 Å². The molecule has 4 rings (SSSR count). The van der Waals surface area contributed by atoms with E-state index in [1.165, 1.54) is 0 Å². The molecule has 1 saturated heterocycles. The quantitative estimate of drug-likeness (QED) is 0.465. The third-order valence-electron chi connectivity index (χ3n) is 5.80. The minimum atomic E-state index is -0.601. The van der Waals surface area contributed by atoms with Crippen LogP contribution in [0.3, 0.4) is 0 Å². The molecule has 2 aromatic carbocycles. The normalized spacial score (nSPS) is 20.9. The van der Waals surface area contributed by atoms with E-state index in [9.17, 15) is 14.7 Å². The van der Waals surface area contributed by atoms with Gasteiger partial charge in [0, 0.05) is 18.3 Å². The van der Waals surface area contributed by atoms with Gasteiger partial charge in [-0.2, -0.15) is 0 Å². The molecule has 2 heterocycles. The Morgan fingerprint density at radius 1 is 1.09 bits per heavy atom. The average molecular weight is 472 g/mol. The Kier molecular flexibility index (Phi) is 7.71. The molecule has 0 saturated carbocycles. The van der Waals surface area contributed by atoms with Gasteiger partial charge in [-0.15, -0.1) is 0 Å². The lowest BCUT2D eigenvalue weighted by Gasteiger charge is -2.35. The van der Waals surface area contributed by atoms with E-state index >= 15 is 0 Å². The zero-order valence-electron chi connectivity index (χ0n) is 18.9. The predicted molar refractivity (Wildman–Crippen MR) is 123 cm³/mol. The van der Waals surface area contributed by atoms with E-state index in [1.807, 2.05) is 24.3 Å². The Morgan fingerprint density at radius 2 is 1.88 bits per heavy atom. The van der Waals surface area contributed by atoms with Gasteiger partial charge in [0.25, 0.3) is 0 Å². The maximum Gasteiger partial charge on any atom is 0.319 e. The number of amides is 3. The van der Waals surface area contributed by atoms with E-state index in [0.717, 1.165) is 11.3 Å². The highest BCUT2D eigenvalue weighted by Crippen LogP contribution is 2.34. The Balaban J connectivity index is 1.22. The summed E-state index contributed by atoms with van der Waals surface area (Å²) in [5.41, 5.74) is 1.52. The number of fused-ring (bicyclic) bond motifs is 1. The Morgan fingerprint density at radius 3 is 2.65 bits per heavy atom. The smallest absolute Gasteiger partial charge is 0.319 e. The molecule has 0 aromatic heterocycles. The number of rotatable bonds is 8. The zero-order chi connectivity index (χ0) is 23.9. The van der Waals surface area contributed by atoms with Gasteiger partial charge in [0.15, 0.2) is 11.5 Å². The summed E-state index contributed by atoms with van der Waals surface area (Å²) in [6, 6.07) is 11.8.